The van der Waals surface area contributed by atoms with Crippen LogP contribution in [0.1, 0.15) is 27.7 Å². The van der Waals surface area contributed by atoms with Gasteiger partial charge in [-0.3, -0.25) is 4.90 Å². The number of piperazine rings is 1. The third kappa shape index (κ3) is 4.56. The molecule has 1 rings (SSSR count). The zero-order valence-corrected chi connectivity index (χ0v) is 12.5. The van der Waals surface area contributed by atoms with E-state index in [9.17, 15) is 8.42 Å². The van der Waals surface area contributed by atoms with E-state index in [0.717, 1.165) is 13.1 Å². The minimum atomic E-state index is -2.87. The summed E-state index contributed by atoms with van der Waals surface area (Å²) in [5, 5.41) is 3.54. The van der Waals surface area contributed by atoms with E-state index >= 15 is 0 Å². The van der Waals surface area contributed by atoms with Gasteiger partial charge in [-0.25, -0.2) is 8.42 Å². The van der Waals surface area contributed by atoms with Crippen molar-refractivity contribution in [1.82, 2.24) is 10.2 Å². The first-order chi connectivity index (χ1) is 7.62. The van der Waals surface area contributed by atoms with Crippen molar-refractivity contribution < 1.29 is 8.42 Å². The summed E-state index contributed by atoms with van der Waals surface area (Å²) in [6.07, 6.45) is 1.31. The molecule has 0 amide bonds. The summed E-state index contributed by atoms with van der Waals surface area (Å²) in [4.78, 5) is 2.30. The second kappa shape index (κ2) is 5.24. The van der Waals surface area contributed by atoms with Gasteiger partial charge in [-0.2, -0.15) is 0 Å². The Morgan fingerprint density at radius 1 is 1.41 bits per heavy atom. The molecular weight excluding hydrogens is 236 g/mol. The van der Waals surface area contributed by atoms with Crippen molar-refractivity contribution in [1.29, 1.82) is 0 Å². The standard InChI is InChI=1S/C12H26N2O2S/c1-10(2)11-8-14(6-7-17(5,15)16)12(3,4)9-13-11/h10-11,13H,6-9H2,1-5H3. The number of hydrogen-bond acceptors (Lipinski definition) is 4. The van der Waals surface area contributed by atoms with Gasteiger partial charge in [0.2, 0.25) is 0 Å². The molecule has 1 N–H and O–H groups in total. The van der Waals surface area contributed by atoms with Crippen LogP contribution in [0.4, 0.5) is 0 Å². The van der Waals surface area contributed by atoms with Crippen molar-refractivity contribution >= 4 is 9.84 Å². The number of hydrogen-bond donors (Lipinski definition) is 1. The molecule has 102 valence electrons. The Morgan fingerprint density at radius 3 is 2.47 bits per heavy atom. The Kier molecular flexibility index (Phi) is 4.60. The summed E-state index contributed by atoms with van der Waals surface area (Å²) >= 11 is 0. The Bertz CT molecular complexity index is 350. The quantitative estimate of drug-likeness (QED) is 0.812. The molecule has 0 aromatic heterocycles. The predicted octanol–water partition coefficient (Wildman–Crippen LogP) is 0.739. The van der Waals surface area contributed by atoms with Crippen molar-refractivity contribution in [3.05, 3.63) is 0 Å². The summed E-state index contributed by atoms with van der Waals surface area (Å²) in [5.41, 5.74) is 0.0378. The van der Waals surface area contributed by atoms with E-state index in [-0.39, 0.29) is 11.3 Å². The van der Waals surface area contributed by atoms with E-state index in [2.05, 4.69) is 37.9 Å². The SMILES string of the molecule is CC(C)C1CN(CCS(C)(=O)=O)C(C)(C)CN1. The van der Waals surface area contributed by atoms with E-state index in [1.54, 1.807) is 0 Å². The van der Waals surface area contributed by atoms with Gasteiger partial charge in [0.25, 0.3) is 0 Å². The molecule has 0 aromatic carbocycles. The van der Waals surface area contributed by atoms with Crippen molar-refractivity contribution in [2.45, 2.75) is 39.3 Å². The van der Waals surface area contributed by atoms with Gasteiger partial charge < -0.3 is 5.32 Å². The van der Waals surface area contributed by atoms with Gasteiger partial charge in [-0.1, -0.05) is 13.8 Å². The minimum Gasteiger partial charge on any atom is -0.311 e. The maximum atomic E-state index is 11.3. The van der Waals surface area contributed by atoms with Crippen LogP contribution < -0.4 is 5.32 Å². The zero-order chi connectivity index (χ0) is 13.3. The minimum absolute atomic E-state index is 0.0378. The van der Waals surface area contributed by atoms with Crippen LogP contribution in [0.5, 0.6) is 0 Å². The maximum absolute atomic E-state index is 11.3. The molecule has 0 saturated carbocycles. The van der Waals surface area contributed by atoms with Crippen LogP contribution in [0.3, 0.4) is 0 Å². The van der Waals surface area contributed by atoms with Crippen LogP contribution in [0.2, 0.25) is 0 Å². The summed E-state index contributed by atoms with van der Waals surface area (Å²) in [7, 11) is -2.87. The Balaban J connectivity index is 2.65. The third-order valence-corrected chi connectivity index (χ3v) is 4.53. The highest BCUT2D eigenvalue weighted by atomic mass is 32.2. The van der Waals surface area contributed by atoms with Crippen LogP contribution >= 0.6 is 0 Å². The van der Waals surface area contributed by atoms with Gasteiger partial charge in [-0.15, -0.1) is 0 Å². The first-order valence-electron chi connectivity index (χ1n) is 6.28. The molecule has 0 spiro atoms. The lowest BCUT2D eigenvalue weighted by atomic mass is 9.93. The fourth-order valence-corrected chi connectivity index (χ4v) is 2.71. The summed E-state index contributed by atoms with van der Waals surface area (Å²) in [6, 6.07) is 0.461. The lowest BCUT2D eigenvalue weighted by Crippen LogP contribution is -2.63. The van der Waals surface area contributed by atoms with Crippen LogP contribution in [-0.2, 0) is 9.84 Å². The monoisotopic (exact) mass is 262 g/mol. The lowest BCUT2D eigenvalue weighted by Gasteiger charge is -2.47. The predicted molar refractivity (Wildman–Crippen MR) is 72.0 cm³/mol. The molecule has 0 aliphatic carbocycles. The zero-order valence-electron chi connectivity index (χ0n) is 11.7. The number of sulfone groups is 1. The van der Waals surface area contributed by atoms with Crippen molar-refractivity contribution in [2.24, 2.45) is 5.92 Å². The normalized spacial score (nSPS) is 26.4. The lowest BCUT2D eigenvalue weighted by molar-refractivity contribution is 0.0607. The van der Waals surface area contributed by atoms with Gasteiger partial charge in [0.1, 0.15) is 9.84 Å². The van der Waals surface area contributed by atoms with Crippen LogP contribution in [0.25, 0.3) is 0 Å². The molecule has 4 nitrogen and oxygen atoms in total. The number of nitrogens with zero attached hydrogens (tertiary/aromatic N) is 1. The number of nitrogens with one attached hydrogen (secondary N) is 1. The molecule has 5 heteroatoms. The molecule has 17 heavy (non-hydrogen) atoms. The Hall–Kier alpha value is -0.130. The average molecular weight is 262 g/mol. The van der Waals surface area contributed by atoms with E-state index < -0.39 is 9.84 Å². The van der Waals surface area contributed by atoms with Gasteiger partial charge in [0.15, 0.2) is 0 Å². The summed E-state index contributed by atoms with van der Waals surface area (Å²) < 4.78 is 22.5. The molecule has 0 radical (unpaired) electrons. The summed E-state index contributed by atoms with van der Waals surface area (Å²) in [5.74, 6) is 0.827. The van der Waals surface area contributed by atoms with Gasteiger partial charge >= 0.3 is 0 Å². The topological polar surface area (TPSA) is 49.4 Å². The van der Waals surface area contributed by atoms with E-state index in [0.29, 0.717) is 18.5 Å². The molecule has 1 saturated heterocycles. The highest BCUT2D eigenvalue weighted by Crippen LogP contribution is 2.21. The van der Waals surface area contributed by atoms with Crippen molar-refractivity contribution in [3.63, 3.8) is 0 Å². The molecule has 1 aliphatic rings. The van der Waals surface area contributed by atoms with Crippen LogP contribution in [0, 0.1) is 5.92 Å². The van der Waals surface area contributed by atoms with Crippen LogP contribution in [0.15, 0.2) is 0 Å². The van der Waals surface area contributed by atoms with E-state index in [1.807, 2.05) is 0 Å². The fourth-order valence-electron chi connectivity index (χ4n) is 2.16. The summed E-state index contributed by atoms with van der Waals surface area (Å²) in [6.45, 7) is 11.2. The van der Waals surface area contributed by atoms with Crippen LogP contribution in [-0.4, -0.2) is 56.5 Å². The van der Waals surface area contributed by atoms with Crippen molar-refractivity contribution in [3.8, 4) is 0 Å². The average Bonchev–Trinajstić information content (AvgIpc) is 2.13. The molecule has 1 heterocycles. The molecule has 1 aliphatic heterocycles. The molecule has 0 bridgehead atoms. The molecular formula is C12H26N2O2S. The molecule has 0 aromatic rings. The molecule has 1 fully saturated rings. The molecule has 1 atom stereocenters. The molecule has 1 unspecified atom stereocenters. The van der Waals surface area contributed by atoms with Crippen molar-refractivity contribution in [2.75, 3.05) is 31.6 Å². The largest absolute Gasteiger partial charge is 0.311 e. The first kappa shape index (κ1) is 14.9. The smallest absolute Gasteiger partial charge is 0.148 e. The van der Waals surface area contributed by atoms with E-state index in [1.165, 1.54) is 6.26 Å². The Morgan fingerprint density at radius 2 is 2.00 bits per heavy atom. The van der Waals surface area contributed by atoms with Gasteiger partial charge in [0, 0.05) is 37.5 Å². The highest BCUT2D eigenvalue weighted by Gasteiger charge is 2.34. The van der Waals surface area contributed by atoms with Gasteiger partial charge in [0.05, 0.1) is 5.75 Å². The third-order valence-electron chi connectivity index (χ3n) is 3.61. The van der Waals surface area contributed by atoms with E-state index in [4.69, 9.17) is 0 Å². The first-order valence-corrected chi connectivity index (χ1v) is 8.34. The number of rotatable bonds is 4. The Labute approximate surface area is 106 Å². The highest BCUT2D eigenvalue weighted by molar-refractivity contribution is 7.90. The maximum Gasteiger partial charge on any atom is 0.148 e. The fraction of sp³-hybridized carbons (Fsp3) is 1.00. The second-order valence-electron chi connectivity index (χ2n) is 6.12. The van der Waals surface area contributed by atoms with Gasteiger partial charge in [-0.05, 0) is 19.8 Å². The second-order valence-corrected chi connectivity index (χ2v) is 8.38.